The second kappa shape index (κ2) is 8.82. The third-order valence-electron chi connectivity index (χ3n) is 4.84. The Kier molecular flexibility index (Phi) is 5.80. The molecule has 148 valence electrons. The van der Waals surface area contributed by atoms with E-state index in [4.69, 9.17) is 14.2 Å². The minimum atomic E-state index is 0.117. The van der Waals surface area contributed by atoms with Crippen molar-refractivity contribution in [3.63, 3.8) is 0 Å². The third-order valence-corrected chi connectivity index (χ3v) is 4.84. The summed E-state index contributed by atoms with van der Waals surface area (Å²) in [5.74, 6) is 3.18. The predicted molar refractivity (Wildman–Crippen MR) is 107 cm³/mol. The number of nitrogens with zero attached hydrogens (tertiary/aromatic N) is 3. The lowest BCUT2D eigenvalue weighted by Gasteiger charge is -2.22. The molecule has 0 aliphatic carbocycles. The molecule has 4 rings (SSSR count). The monoisotopic (exact) mass is 382 g/mol. The van der Waals surface area contributed by atoms with E-state index >= 15 is 0 Å². The molecule has 2 aliphatic heterocycles. The Hall–Kier alpha value is -2.96. The van der Waals surface area contributed by atoms with Crippen molar-refractivity contribution >= 4 is 5.96 Å². The number of pyridine rings is 1. The SMILES string of the molecule is CN=C(NCc1ccc2c(c1)OCCCO2)N1CCC(Oc2ccccn2)C1. The van der Waals surface area contributed by atoms with Gasteiger partial charge in [0.05, 0.1) is 19.8 Å². The average molecular weight is 382 g/mol. The van der Waals surface area contributed by atoms with Crippen LogP contribution in [0.15, 0.2) is 47.6 Å². The minimum absolute atomic E-state index is 0.117. The smallest absolute Gasteiger partial charge is 0.213 e. The van der Waals surface area contributed by atoms with Crippen LogP contribution in [0.5, 0.6) is 17.4 Å². The largest absolute Gasteiger partial charge is 0.490 e. The maximum atomic E-state index is 5.97. The highest BCUT2D eigenvalue weighted by Crippen LogP contribution is 2.30. The maximum Gasteiger partial charge on any atom is 0.213 e. The maximum absolute atomic E-state index is 5.97. The van der Waals surface area contributed by atoms with Crippen molar-refractivity contribution in [1.82, 2.24) is 15.2 Å². The predicted octanol–water partition coefficient (Wildman–Crippen LogP) is 2.47. The van der Waals surface area contributed by atoms with E-state index in [2.05, 4.69) is 26.3 Å². The van der Waals surface area contributed by atoms with Gasteiger partial charge in [-0.15, -0.1) is 0 Å². The van der Waals surface area contributed by atoms with Crippen LogP contribution in [0.25, 0.3) is 0 Å². The highest BCUT2D eigenvalue weighted by molar-refractivity contribution is 5.80. The van der Waals surface area contributed by atoms with E-state index in [-0.39, 0.29) is 6.10 Å². The molecule has 7 nitrogen and oxygen atoms in total. The molecule has 28 heavy (non-hydrogen) atoms. The number of likely N-dealkylation sites (tertiary alicyclic amines) is 1. The fraction of sp³-hybridized carbons (Fsp3) is 0.429. The first kappa shape index (κ1) is 18.4. The first-order valence-corrected chi connectivity index (χ1v) is 9.73. The van der Waals surface area contributed by atoms with Gasteiger partial charge in [-0.2, -0.15) is 0 Å². The van der Waals surface area contributed by atoms with E-state index in [1.807, 2.05) is 37.4 Å². The van der Waals surface area contributed by atoms with Crippen molar-refractivity contribution in [2.75, 3.05) is 33.4 Å². The Morgan fingerprint density at radius 2 is 2.14 bits per heavy atom. The highest BCUT2D eigenvalue weighted by Gasteiger charge is 2.26. The number of ether oxygens (including phenoxy) is 3. The quantitative estimate of drug-likeness (QED) is 0.647. The number of benzene rings is 1. The molecular formula is C21H26N4O3. The molecule has 0 radical (unpaired) electrons. The Morgan fingerprint density at radius 1 is 1.25 bits per heavy atom. The molecule has 0 amide bonds. The van der Waals surface area contributed by atoms with E-state index in [0.717, 1.165) is 49.0 Å². The molecule has 0 bridgehead atoms. The zero-order valence-corrected chi connectivity index (χ0v) is 16.1. The molecule has 3 heterocycles. The second-order valence-corrected chi connectivity index (χ2v) is 6.87. The molecule has 1 saturated heterocycles. The van der Waals surface area contributed by atoms with Gasteiger partial charge in [-0.3, -0.25) is 4.99 Å². The molecule has 2 aliphatic rings. The summed E-state index contributed by atoms with van der Waals surface area (Å²) in [6, 6.07) is 11.8. The van der Waals surface area contributed by atoms with Crippen LogP contribution in [-0.4, -0.2) is 55.3 Å². The first-order valence-electron chi connectivity index (χ1n) is 9.73. The summed E-state index contributed by atoms with van der Waals surface area (Å²) >= 11 is 0. The lowest BCUT2D eigenvalue weighted by molar-refractivity contribution is 0.205. The van der Waals surface area contributed by atoms with Crippen molar-refractivity contribution < 1.29 is 14.2 Å². The van der Waals surface area contributed by atoms with Crippen LogP contribution < -0.4 is 19.5 Å². The third kappa shape index (κ3) is 4.47. The van der Waals surface area contributed by atoms with Crippen LogP contribution in [0, 0.1) is 0 Å². The van der Waals surface area contributed by atoms with Crippen molar-refractivity contribution in [1.29, 1.82) is 0 Å². The van der Waals surface area contributed by atoms with Crippen LogP contribution >= 0.6 is 0 Å². The van der Waals surface area contributed by atoms with Gasteiger partial charge >= 0.3 is 0 Å². The molecule has 0 saturated carbocycles. The normalized spacial score (nSPS) is 19.2. The molecule has 1 fully saturated rings. The summed E-state index contributed by atoms with van der Waals surface area (Å²) in [5.41, 5.74) is 1.13. The van der Waals surface area contributed by atoms with Crippen LogP contribution in [-0.2, 0) is 6.54 Å². The van der Waals surface area contributed by atoms with Gasteiger partial charge < -0.3 is 24.4 Å². The summed E-state index contributed by atoms with van der Waals surface area (Å²) < 4.78 is 17.4. The number of nitrogens with one attached hydrogen (secondary N) is 1. The van der Waals surface area contributed by atoms with E-state index in [0.29, 0.717) is 25.6 Å². The zero-order valence-electron chi connectivity index (χ0n) is 16.1. The van der Waals surface area contributed by atoms with Crippen LogP contribution in [0.1, 0.15) is 18.4 Å². The lowest BCUT2D eigenvalue weighted by atomic mass is 10.2. The van der Waals surface area contributed by atoms with Crippen LogP contribution in [0.3, 0.4) is 0 Å². The molecule has 1 aromatic carbocycles. The average Bonchev–Trinajstić information content (AvgIpc) is 3.05. The Labute approximate surface area is 165 Å². The molecular weight excluding hydrogens is 356 g/mol. The first-order chi connectivity index (χ1) is 13.8. The van der Waals surface area contributed by atoms with Crippen molar-refractivity contribution in [3.05, 3.63) is 48.2 Å². The molecule has 1 N–H and O–H groups in total. The molecule has 2 aromatic rings. The number of guanidine groups is 1. The Morgan fingerprint density at radius 3 is 2.96 bits per heavy atom. The number of fused-ring (bicyclic) bond motifs is 1. The van der Waals surface area contributed by atoms with Gasteiger partial charge in [-0.25, -0.2) is 4.98 Å². The lowest BCUT2D eigenvalue weighted by Crippen LogP contribution is -2.40. The van der Waals surface area contributed by atoms with Crippen molar-refractivity contribution in [2.24, 2.45) is 4.99 Å². The van der Waals surface area contributed by atoms with E-state index in [1.165, 1.54) is 0 Å². The number of rotatable bonds is 4. The van der Waals surface area contributed by atoms with E-state index in [1.54, 1.807) is 6.20 Å². The van der Waals surface area contributed by atoms with Gasteiger partial charge in [0.1, 0.15) is 6.10 Å². The fourth-order valence-electron chi connectivity index (χ4n) is 3.44. The summed E-state index contributed by atoms with van der Waals surface area (Å²) in [7, 11) is 1.81. The van der Waals surface area contributed by atoms with E-state index < -0.39 is 0 Å². The van der Waals surface area contributed by atoms with Crippen molar-refractivity contribution in [2.45, 2.75) is 25.5 Å². The molecule has 1 atom stereocenters. The molecule has 7 heteroatoms. The summed E-state index contributed by atoms with van der Waals surface area (Å²) in [5, 5.41) is 3.44. The van der Waals surface area contributed by atoms with Gasteiger partial charge in [0.2, 0.25) is 5.88 Å². The second-order valence-electron chi connectivity index (χ2n) is 6.87. The Balaban J connectivity index is 1.32. The number of hydrogen-bond donors (Lipinski definition) is 1. The molecule has 1 unspecified atom stereocenters. The van der Waals surface area contributed by atoms with Gasteiger partial charge in [0.15, 0.2) is 17.5 Å². The number of aromatic nitrogens is 1. The standard InChI is InChI=1S/C21H26N4O3/c1-22-21(25-10-8-17(15-25)28-20-5-2-3-9-23-20)24-14-16-6-7-18-19(13-16)27-12-4-11-26-18/h2-3,5-7,9,13,17H,4,8,10-12,14-15H2,1H3,(H,22,24). The molecule has 0 spiro atoms. The number of aliphatic imine (C=N–C) groups is 1. The summed E-state index contributed by atoms with van der Waals surface area (Å²) in [6.07, 6.45) is 3.72. The van der Waals surface area contributed by atoms with Gasteiger partial charge in [0, 0.05) is 45.2 Å². The van der Waals surface area contributed by atoms with Crippen LogP contribution in [0.4, 0.5) is 0 Å². The summed E-state index contributed by atoms with van der Waals surface area (Å²) in [4.78, 5) is 10.9. The minimum Gasteiger partial charge on any atom is -0.490 e. The van der Waals surface area contributed by atoms with Gasteiger partial charge in [0.25, 0.3) is 0 Å². The summed E-state index contributed by atoms with van der Waals surface area (Å²) in [6.45, 7) is 3.76. The van der Waals surface area contributed by atoms with Crippen molar-refractivity contribution in [3.8, 4) is 17.4 Å². The zero-order chi connectivity index (χ0) is 19.2. The fourth-order valence-corrected chi connectivity index (χ4v) is 3.44. The topological polar surface area (TPSA) is 68.2 Å². The van der Waals surface area contributed by atoms with Gasteiger partial charge in [-0.1, -0.05) is 12.1 Å². The molecule has 1 aromatic heterocycles. The number of hydrogen-bond acceptors (Lipinski definition) is 5. The highest BCUT2D eigenvalue weighted by atomic mass is 16.5. The van der Waals surface area contributed by atoms with E-state index in [9.17, 15) is 0 Å². The van der Waals surface area contributed by atoms with Crippen LogP contribution in [0.2, 0.25) is 0 Å². The van der Waals surface area contributed by atoms with Gasteiger partial charge in [-0.05, 0) is 23.8 Å². The Bertz CT molecular complexity index is 813.